The van der Waals surface area contributed by atoms with Gasteiger partial charge in [-0.15, -0.1) is 10.0 Å². The van der Waals surface area contributed by atoms with E-state index in [1.54, 1.807) is 16.8 Å². The van der Waals surface area contributed by atoms with Gasteiger partial charge in [-0.05, 0) is 66.9 Å². The van der Waals surface area contributed by atoms with Gasteiger partial charge >= 0.3 is 0 Å². The molecule has 0 radical (unpaired) electrons. The molecule has 144 valence electrons. The van der Waals surface area contributed by atoms with Crippen molar-refractivity contribution >= 4 is 5.69 Å². The lowest BCUT2D eigenvalue weighted by Gasteiger charge is -2.31. The maximum Gasteiger partial charge on any atom is 0.141 e. The Kier molecular flexibility index (Phi) is 5.48. The van der Waals surface area contributed by atoms with Crippen LogP contribution in [0.15, 0.2) is 54.0 Å². The topological polar surface area (TPSA) is 76.3 Å². The molecule has 0 amide bonds. The molecule has 0 aliphatic carbocycles. The first-order valence-electron chi connectivity index (χ1n) is 9.35. The summed E-state index contributed by atoms with van der Waals surface area (Å²) in [7, 11) is 0. The highest BCUT2D eigenvalue weighted by Crippen LogP contribution is 2.30. The lowest BCUT2D eigenvalue weighted by atomic mass is 9.89. The third kappa shape index (κ3) is 4.45. The summed E-state index contributed by atoms with van der Waals surface area (Å²) in [6.45, 7) is 3.15. The van der Waals surface area contributed by atoms with E-state index in [2.05, 4.69) is 31.4 Å². The van der Waals surface area contributed by atoms with Crippen LogP contribution in [0.4, 0.5) is 10.1 Å². The molecule has 0 unspecified atom stereocenters. The van der Waals surface area contributed by atoms with Crippen molar-refractivity contribution in [1.29, 1.82) is 0 Å². The average Bonchev–Trinajstić information content (AvgIpc) is 3.17. The third-order valence-electron chi connectivity index (χ3n) is 5.12. The van der Waals surface area contributed by atoms with E-state index >= 15 is 0 Å². The predicted molar refractivity (Wildman–Crippen MR) is 102 cm³/mol. The molecule has 28 heavy (non-hydrogen) atoms. The van der Waals surface area contributed by atoms with Crippen LogP contribution >= 0.6 is 0 Å². The van der Waals surface area contributed by atoms with Crippen molar-refractivity contribution in [2.45, 2.75) is 31.8 Å². The van der Waals surface area contributed by atoms with E-state index in [4.69, 9.17) is 0 Å². The Hall–Kier alpha value is -3.00. The normalized spacial score (nSPS) is 15.6. The van der Waals surface area contributed by atoms with Gasteiger partial charge in [0.05, 0.1) is 30.3 Å². The lowest BCUT2D eigenvalue weighted by molar-refractivity contribution is 0.202. The van der Waals surface area contributed by atoms with Gasteiger partial charge in [-0.25, -0.2) is 9.07 Å². The van der Waals surface area contributed by atoms with Gasteiger partial charge in [-0.1, -0.05) is 17.3 Å². The number of nitroso groups, excluding NO2 is 1. The molecule has 1 fully saturated rings. The van der Waals surface area contributed by atoms with E-state index in [1.807, 2.05) is 18.3 Å². The van der Waals surface area contributed by atoms with Crippen molar-refractivity contribution < 1.29 is 4.39 Å². The van der Waals surface area contributed by atoms with Gasteiger partial charge in [0.25, 0.3) is 0 Å². The molecular weight excluding hydrogens is 359 g/mol. The summed E-state index contributed by atoms with van der Waals surface area (Å²) >= 11 is 0. The molecule has 0 spiro atoms. The molecule has 0 atom stereocenters. The van der Waals surface area contributed by atoms with Gasteiger partial charge in [0, 0.05) is 6.54 Å². The van der Waals surface area contributed by atoms with Gasteiger partial charge in [-0.3, -0.25) is 9.88 Å². The summed E-state index contributed by atoms with van der Waals surface area (Å²) in [6.07, 6.45) is 5.19. The fraction of sp³-hybridized carbons (Fsp3) is 0.350. The van der Waals surface area contributed by atoms with Crippen LogP contribution < -0.4 is 0 Å². The molecule has 8 heteroatoms. The van der Waals surface area contributed by atoms with Gasteiger partial charge in [0.15, 0.2) is 0 Å². The number of rotatable bonds is 6. The smallest absolute Gasteiger partial charge is 0.141 e. The van der Waals surface area contributed by atoms with Gasteiger partial charge in [0.2, 0.25) is 0 Å². The number of hydrogen-bond donors (Lipinski definition) is 0. The highest BCUT2D eigenvalue weighted by Gasteiger charge is 2.21. The van der Waals surface area contributed by atoms with E-state index in [0.717, 1.165) is 43.9 Å². The second kappa shape index (κ2) is 8.35. The highest BCUT2D eigenvalue weighted by atomic mass is 19.1. The molecule has 0 saturated carbocycles. The maximum absolute atomic E-state index is 12.9. The minimum atomic E-state index is -0.347. The lowest BCUT2D eigenvalue weighted by Crippen LogP contribution is -2.32. The van der Waals surface area contributed by atoms with Gasteiger partial charge < -0.3 is 0 Å². The Labute approximate surface area is 162 Å². The van der Waals surface area contributed by atoms with Crippen LogP contribution in [0.25, 0.3) is 0 Å². The fourth-order valence-electron chi connectivity index (χ4n) is 3.64. The number of aromatic nitrogens is 4. The summed E-state index contributed by atoms with van der Waals surface area (Å²) < 4.78 is 14.7. The zero-order valence-electron chi connectivity index (χ0n) is 15.4. The third-order valence-corrected chi connectivity index (χ3v) is 5.12. The average molecular weight is 380 g/mol. The Morgan fingerprint density at radius 3 is 2.71 bits per heavy atom. The maximum atomic E-state index is 12.9. The van der Waals surface area contributed by atoms with E-state index in [0.29, 0.717) is 18.2 Å². The zero-order valence-corrected chi connectivity index (χ0v) is 15.4. The number of halogens is 1. The Bertz CT molecular complexity index is 934. The highest BCUT2D eigenvalue weighted by molar-refractivity contribution is 5.41. The molecule has 2 aromatic heterocycles. The molecule has 7 nitrogen and oxygen atoms in total. The van der Waals surface area contributed by atoms with E-state index in [1.165, 1.54) is 17.8 Å². The summed E-state index contributed by atoms with van der Waals surface area (Å²) in [6, 6.07) is 10.6. The van der Waals surface area contributed by atoms with Crippen molar-refractivity contribution in [3.8, 4) is 0 Å². The number of hydrogen-bond acceptors (Lipinski definition) is 6. The summed E-state index contributed by atoms with van der Waals surface area (Å²) in [5.41, 5.74) is 3.33. The first-order valence-corrected chi connectivity index (χ1v) is 9.35. The van der Waals surface area contributed by atoms with E-state index < -0.39 is 0 Å². The van der Waals surface area contributed by atoms with Crippen LogP contribution in [-0.2, 0) is 13.1 Å². The summed E-state index contributed by atoms with van der Waals surface area (Å²) in [5.74, 6) is 0.110. The van der Waals surface area contributed by atoms with E-state index in [-0.39, 0.29) is 5.82 Å². The number of benzene rings is 1. The first kappa shape index (κ1) is 18.4. The van der Waals surface area contributed by atoms with Crippen LogP contribution in [0.1, 0.15) is 35.7 Å². The van der Waals surface area contributed by atoms with Crippen LogP contribution in [0.3, 0.4) is 0 Å². The van der Waals surface area contributed by atoms with Crippen LogP contribution in [-0.4, -0.2) is 38.0 Å². The zero-order chi connectivity index (χ0) is 19.3. The number of pyridine rings is 1. The second-order valence-corrected chi connectivity index (χ2v) is 7.11. The standard InChI is InChI=1S/C20H21FN6O/c21-17-4-5-19(22-11-17)13-27-14-20(23-25-27)12-26-8-6-15(7-9-26)16-2-1-3-18(10-16)24-28/h1-5,10-11,14-15H,6-9,12-13H2. The Balaban J connectivity index is 1.30. The quantitative estimate of drug-likeness (QED) is 0.610. The first-order chi connectivity index (χ1) is 13.7. The van der Waals surface area contributed by atoms with Crippen molar-refractivity contribution in [2.75, 3.05) is 13.1 Å². The molecular formula is C20H21FN6O. The molecule has 1 aromatic carbocycles. The molecule has 1 aliphatic rings. The van der Waals surface area contributed by atoms with Crippen LogP contribution in [0.5, 0.6) is 0 Å². The number of nitrogens with zero attached hydrogens (tertiary/aromatic N) is 6. The van der Waals surface area contributed by atoms with Crippen molar-refractivity contribution in [3.05, 3.63) is 76.5 Å². The molecule has 1 saturated heterocycles. The Morgan fingerprint density at radius 1 is 1.11 bits per heavy atom. The summed E-state index contributed by atoms with van der Waals surface area (Å²) in [5, 5.41) is 11.4. The monoisotopic (exact) mass is 380 g/mol. The Morgan fingerprint density at radius 2 is 1.96 bits per heavy atom. The van der Waals surface area contributed by atoms with Crippen molar-refractivity contribution in [2.24, 2.45) is 5.18 Å². The van der Waals surface area contributed by atoms with Crippen LogP contribution in [0.2, 0.25) is 0 Å². The summed E-state index contributed by atoms with van der Waals surface area (Å²) in [4.78, 5) is 17.1. The molecule has 3 heterocycles. The molecule has 1 aliphatic heterocycles. The minimum absolute atomic E-state index is 0.347. The van der Waals surface area contributed by atoms with E-state index in [9.17, 15) is 9.30 Å². The molecule has 0 bridgehead atoms. The van der Waals surface area contributed by atoms with Gasteiger partial charge in [-0.2, -0.15) is 0 Å². The van der Waals surface area contributed by atoms with Crippen LogP contribution in [0, 0.1) is 10.7 Å². The second-order valence-electron chi connectivity index (χ2n) is 7.11. The van der Waals surface area contributed by atoms with Crippen molar-refractivity contribution in [3.63, 3.8) is 0 Å². The molecule has 3 aromatic rings. The fourth-order valence-corrected chi connectivity index (χ4v) is 3.64. The number of piperidine rings is 1. The van der Waals surface area contributed by atoms with Gasteiger partial charge in [0.1, 0.15) is 11.5 Å². The SMILES string of the molecule is O=Nc1cccc(C2CCN(Cc3cn(Cc4ccc(F)cn4)nn3)CC2)c1. The molecule has 4 rings (SSSR count). The van der Waals surface area contributed by atoms with Crippen molar-refractivity contribution in [1.82, 2.24) is 24.9 Å². The minimum Gasteiger partial charge on any atom is -0.297 e. The number of likely N-dealkylation sites (tertiary alicyclic amines) is 1. The predicted octanol–water partition coefficient (Wildman–Crippen LogP) is 3.64. The largest absolute Gasteiger partial charge is 0.297 e. The molecule has 0 N–H and O–H groups in total.